The second-order valence-corrected chi connectivity index (χ2v) is 9.84. The lowest BCUT2D eigenvalue weighted by atomic mass is 10.0. The summed E-state index contributed by atoms with van der Waals surface area (Å²) >= 11 is 1.90. The molecule has 0 aromatic heterocycles. The zero-order valence-electron chi connectivity index (χ0n) is 18.3. The molecule has 4 nitrogen and oxygen atoms in total. The first-order valence-electron chi connectivity index (χ1n) is 10.6. The number of Topliss-reactive ketones (excluding diaryl/α,β-unsaturated/α-hetero) is 1. The van der Waals surface area contributed by atoms with Gasteiger partial charge in [-0.25, -0.2) is 0 Å². The van der Waals surface area contributed by atoms with Crippen molar-refractivity contribution in [3.63, 3.8) is 0 Å². The fourth-order valence-corrected chi connectivity index (χ4v) is 4.39. The molecular formula is C23H38N2O2S. The summed E-state index contributed by atoms with van der Waals surface area (Å²) in [6.07, 6.45) is 0.610. The topological polar surface area (TPSA) is 32.8 Å². The van der Waals surface area contributed by atoms with Crippen LogP contribution in [-0.2, 0) is 4.79 Å². The van der Waals surface area contributed by atoms with Gasteiger partial charge in [0, 0.05) is 50.3 Å². The molecule has 5 heteroatoms. The summed E-state index contributed by atoms with van der Waals surface area (Å²) in [7, 11) is 2.18. The third-order valence-electron chi connectivity index (χ3n) is 5.19. The Balaban J connectivity index is 1.86. The lowest BCUT2D eigenvalue weighted by Gasteiger charge is -2.32. The maximum absolute atomic E-state index is 12.3. The number of carbonyl (C=O) groups excluding carboxylic acids is 1. The van der Waals surface area contributed by atoms with Gasteiger partial charge >= 0.3 is 0 Å². The molecule has 1 heterocycles. The van der Waals surface area contributed by atoms with Gasteiger partial charge in [0.25, 0.3) is 0 Å². The van der Waals surface area contributed by atoms with Gasteiger partial charge in [-0.15, -0.1) is 0 Å². The van der Waals surface area contributed by atoms with Crippen molar-refractivity contribution in [3.8, 4) is 5.75 Å². The largest absolute Gasteiger partial charge is 0.492 e. The van der Waals surface area contributed by atoms with E-state index in [4.69, 9.17) is 4.74 Å². The molecule has 0 radical (unpaired) electrons. The van der Waals surface area contributed by atoms with Crippen LogP contribution in [0.4, 0.5) is 0 Å². The summed E-state index contributed by atoms with van der Waals surface area (Å²) in [5.41, 5.74) is 1.23. The number of nitrogens with zero attached hydrogens (tertiary/aromatic N) is 2. The van der Waals surface area contributed by atoms with Crippen LogP contribution in [0.1, 0.15) is 44.9 Å². The van der Waals surface area contributed by atoms with Crippen molar-refractivity contribution in [1.29, 1.82) is 0 Å². The molecule has 28 heavy (non-hydrogen) atoms. The molecule has 1 aromatic carbocycles. The smallest absolute Gasteiger partial charge is 0.136 e. The highest BCUT2D eigenvalue weighted by atomic mass is 32.2. The normalized spacial score (nSPS) is 17.2. The van der Waals surface area contributed by atoms with Gasteiger partial charge in [-0.3, -0.25) is 9.69 Å². The van der Waals surface area contributed by atoms with Crippen molar-refractivity contribution in [2.45, 2.75) is 39.4 Å². The summed E-state index contributed by atoms with van der Waals surface area (Å²) in [5, 5.41) is 0.233. The molecule has 1 aliphatic heterocycles. The molecule has 158 valence electrons. The van der Waals surface area contributed by atoms with Crippen molar-refractivity contribution in [2.24, 2.45) is 11.8 Å². The lowest BCUT2D eigenvalue weighted by Crippen LogP contribution is -2.45. The van der Waals surface area contributed by atoms with E-state index in [1.54, 1.807) is 0 Å². The highest BCUT2D eigenvalue weighted by Crippen LogP contribution is 2.35. The van der Waals surface area contributed by atoms with Crippen molar-refractivity contribution in [1.82, 2.24) is 9.80 Å². The minimum Gasteiger partial charge on any atom is -0.492 e. The summed E-state index contributed by atoms with van der Waals surface area (Å²) in [6.45, 7) is 14.7. The van der Waals surface area contributed by atoms with Gasteiger partial charge in [-0.2, -0.15) is 11.8 Å². The van der Waals surface area contributed by atoms with Gasteiger partial charge in [0.1, 0.15) is 18.1 Å². The van der Waals surface area contributed by atoms with Gasteiger partial charge in [-0.1, -0.05) is 39.8 Å². The summed E-state index contributed by atoms with van der Waals surface area (Å²) in [5.74, 6) is 3.05. The number of hydrogen-bond donors (Lipinski definition) is 0. The molecule has 0 bridgehead atoms. The van der Waals surface area contributed by atoms with Crippen LogP contribution in [0, 0.1) is 11.8 Å². The summed E-state index contributed by atoms with van der Waals surface area (Å²) in [4.78, 5) is 17.1. The molecule has 0 N–H and O–H groups in total. The van der Waals surface area contributed by atoms with Gasteiger partial charge in [0.15, 0.2) is 0 Å². The number of thioether (sulfide) groups is 1. The van der Waals surface area contributed by atoms with E-state index in [-0.39, 0.29) is 11.2 Å². The van der Waals surface area contributed by atoms with E-state index in [9.17, 15) is 4.79 Å². The molecule has 1 aliphatic rings. The van der Waals surface area contributed by atoms with Crippen LogP contribution < -0.4 is 4.74 Å². The van der Waals surface area contributed by atoms with Gasteiger partial charge in [0.2, 0.25) is 0 Å². The molecule has 1 fully saturated rings. The van der Waals surface area contributed by atoms with Gasteiger partial charge < -0.3 is 9.64 Å². The third kappa shape index (κ3) is 8.14. The predicted molar refractivity (Wildman–Crippen MR) is 120 cm³/mol. The van der Waals surface area contributed by atoms with Crippen molar-refractivity contribution in [2.75, 3.05) is 52.1 Å². The Morgan fingerprint density at radius 1 is 1.07 bits per heavy atom. The van der Waals surface area contributed by atoms with Crippen LogP contribution in [0.15, 0.2) is 24.3 Å². The van der Waals surface area contributed by atoms with Crippen molar-refractivity contribution < 1.29 is 9.53 Å². The number of carbonyl (C=O) groups is 1. The van der Waals surface area contributed by atoms with Crippen LogP contribution >= 0.6 is 11.8 Å². The van der Waals surface area contributed by atoms with E-state index in [1.807, 2.05) is 25.6 Å². The second-order valence-electron chi connectivity index (χ2n) is 8.60. The fraction of sp³-hybridized carbons (Fsp3) is 0.696. The first-order valence-corrected chi connectivity index (χ1v) is 11.7. The number of hydrogen-bond acceptors (Lipinski definition) is 5. The predicted octanol–water partition coefficient (Wildman–Crippen LogP) is 4.36. The number of ether oxygens (including phenoxy) is 1. The minimum atomic E-state index is 0.0966. The monoisotopic (exact) mass is 406 g/mol. The maximum Gasteiger partial charge on any atom is 0.136 e. The first kappa shape index (κ1) is 23.2. The Morgan fingerprint density at radius 2 is 1.71 bits per heavy atom. The summed E-state index contributed by atoms with van der Waals surface area (Å²) < 4.78 is 5.96. The third-order valence-corrected chi connectivity index (χ3v) is 6.89. The first-order chi connectivity index (χ1) is 13.3. The molecule has 0 aliphatic carbocycles. The van der Waals surface area contributed by atoms with E-state index in [2.05, 4.69) is 55.0 Å². The zero-order chi connectivity index (χ0) is 20.5. The second kappa shape index (κ2) is 11.8. The molecule has 2 rings (SSSR count). The molecule has 0 spiro atoms. The number of rotatable bonds is 11. The molecule has 1 unspecified atom stereocenters. The van der Waals surface area contributed by atoms with Crippen LogP contribution in [-0.4, -0.2) is 67.7 Å². The molecule has 1 atom stereocenters. The molecule has 0 saturated carbocycles. The van der Waals surface area contributed by atoms with E-state index in [1.165, 1.54) is 5.56 Å². The average molecular weight is 407 g/mol. The highest BCUT2D eigenvalue weighted by Gasteiger charge is 2.19. The molecule has 1 saturated heterocycles. The number of likely N-dealkylation sites (N-methyl/N-ethyl adjacent to an activating group) is 1. The fourth-order valence-electron chi connectivity index (χ4n) is 3.14. The molecular weight excluding hydrogens is 368 g/mol. The standard InChI is InChI=1S/C23H38N2O2S/c1-18(2)17-28-23(16-22(26)19(3)4)20-6-8-21(9-7-20)27-15-14-25-12-10-24(5)11-13-25/h6-9,18-19,23H,10-17H2,1-5H3. The van der Waals surface area contributed by atoms with E-state index < -0.39 is 0 Å². The average Bonchev–Trinajstić information content (AvgIpc) is 2.67. The van der Waals surface area contributed by atoms with E-state index in [0.717, 1.165) is 50.8 Å². The van der Waals surface area contributed by atoms with Crippen LogP contribution in [0.2, 0.25) is 0 Å². The van der Waals surface area contributed by atoms with E-state index in [0.29, 0.717) is 18.1 Å². The van der Waals surface area contributed by atoms with Gasteiger partial charge in [0.05, 0.1) is 0 Å². The number of piperazine rings is 1. The van der Waals surface area contributed by atoms with E-state index >= 15 is 0 Å². The lowest BCUT2D eigenvalue weighted by molar-refractivity contribution is -0.121. The Bertz CT molecular complexity index is 581. The summed E-state index contributed by atoms with van der Waals surface area (Å²) in [6, 6.07) is 8.39. The molecule has 1 aromatic rings. The van der Waals surface area contributed by atoms with Crippen molar-refractivity contribution >= 4 is 17.5 Å². The Hall–Kier alpha value is -1.04. The van der Waals surface area contributed by atoms with Crippen LogP contribution in [0.3, 0.4) is 0 Å². The zero-order valence-corrected chi connectivity index (χ0v) is 19.1. The quantitative estimate of drug-likeness (QED) is 0.545. The minimum absolute atomic E-state index is 0.0966. The SMILES string of the molecule is CC(C)CSC(CC(=O)C(C)C)c1ccc(OCCN2CCN(C)CC2)cc1. The number of benzene rings is 1. The maximum atomic E-state index is 12.3. The Labute approximate surface area is 176 Å². The molecule has 0 amide bonds. The van der Waals surface area contributed by atoms with Crippen molar-refractivity contribution in [3.05, 3.63) is 29.8 Å². The Morgan fingerprint density at radius 3 is 2.29 bits per heavy atom. The van der Waals surface area contributed by atoms with Crippen LogP contribution in [0.5, 0.6) is 5.75 Å². The van der Waals surface area contributed by atoms with Gasteiger partial charge in [-0.05, 0) is 36.4 Å². The highest BCUT2D eigenvalue weighted by molar-refractivity contribution is 7.99. The van der Waals surface area contributed by atoms with Crippen LogP contribution in [0.25, 0.3) is 0 Å². The Kier molecular flexibility index (Phi) is 9.83. The number of ketones is 1.